The molecule has 0 bridgehead atoms. The molecule has 52 heavy (non-hydrogen) atoms. The number of nitrogens with zero attached hydrogens (tertiary/aromatic N) is 1. The molecule has 0 rings (SSSR count). The summed E-state index contributed by atoms with van der Waals surface area (Å²) >= 11 is 0. The summed E-state index contributed by atoms with van der Waals surface area (Å²) in [6.07, 6.45) is 43.3. The van der Waals surface area contributed by atoms with Crippen molar-refractivity contribution in [2.75, 3.05) is 41.0 Å². The second kappa shape index (κ2) is 34.6. The van der Waals surface area contributed by atoms with Gasteiger partial charge in [-0.2, -0.15) is 0 Å². The number of esters is 2. The van der Waals surface area contributed by atoms with Crippen molar-refractivity contribution in [3.05, 3.63) is 85.1 Å². The summed E-state index contributed by atoms with van der Waals surface area (Å²) in [7, 11) is 5.36. The average molecular weight is 726 g/mol. The number of unbranched alkanes of at least 4 members (excludes halogenated alkanes) is 10. The maximum atomic E-state index is 12.7. The molecule has 0 aromatic carbocycles. The van der Waals surface area contributed by atoms with Crippen molar-refractivity contribution >= 4 is 17.9 Å². The fourth-order valence-corrected chi connectivity index (χ4v) is 5.09. The van der Waals surface area contributed by atoms with E-state index in [9.17, 15) is 19.5 Å². The molecule has 0 aliphatic heterocycles. The maximum absolute atomic E-state index is 12.7. The standard InChI is InChI=1S/C44H71NO7/c1-6-8-10-12-14-16-18-20-21-23-25-27-29-31-33-35-43(47)52-40(38-50-37-36-41(44(48)49)45(3,4)5)39-51-42(46)34-32-30-28-26-24-22-19-17-15-13-11-9-7-2/h9,11,13-20,22,24,26,28,40-41H,6-8,10,12,21,23,25,27,29-39H2,1-5H3/b11-9+,15-13+,16-14+,19-17+,20-18+,24-22+,28-26+. The molecule has 0 aliphatic rings. The molecule has 0 amide bonds. The van der Waals surface area contributed by atoms with Crippen molar-refractivity contribution in [3.8, 4) is 0 Å². The number of quaternary nitrogens is 1. The number of carboxylic acids is 1. The predicted molar refractivity (Wildman–Crippen MR) is 212 cm³/mol. The van der Waals surface area contributed by atoms with Crippen molar-refractivity contribution in [2.24, 2.45) is 0 Å². The molecule has 0 aromatic heterocycles. The van der Waals surface area contributed by atoms with Gasteiger partial charge in [-0.1, -0.05) is 137 Å². The van der Waals surface area contributed by atoms with Crippen LogP contribution in [0.15, 0.2) is 85.1 Å². The molecule has 8 nitrogen and oxygen atoms in total. The zero-order valence-corrected chi connectivity index (χ0v) is 33.2. The summed E-state index contributed by atoms with van der Waals surface area (Å²) in [6.45, 7) is 4.36. The summed E-state index contributed by atoms with van der Waals surface area (Å²) in [5, 5.41) is 11.6. The van der Waals surface area contributed by atoms with E-state index in [1.165, 1.54) is 32.1 Å². The van der Waals surface area contributed by atoms with E-state index in [-0.39, 0.29) is 55.5 Å². The molecule has 0 aliphatic carbocycles. The largest absolute Gasteiger partial charge is 0.544 e. The second-order valence-electron chi connectivity index (χ2n) is 13.9. The molecule has 2 unspecified atom stereocenters. The van der Waals surface area contributed by atoms with Gasteiger partial charge in [-0.15, -0.1) is 0 Å². The fraction of sp³-hybridized carbons (Fsp3) is 0.614. The molecular weight excluding hydrogens is 654 g/mol. The molecule has 0 N–H and O–H groups in total. The Labute approximate surface area is 316 Å². The van der Waals surface area contributed by atoms with Gasteiger partial charge in [-0.25, -0.2) is 0 Å². The summed E-state index contributed by atoms with van der Waals surface area (Å²) in [4.78, 5) is 36.7. The number of likely N-dealkylation sites (N-methyl/N-ethyl adjacent to an activating group) is 1. The van der Waals surface area contributed by atoms with Gasteiger partial charge in [-0.3, -0.25) is 9.59 Å². The number of allylic oxidation sites excluding steroid dienone is 14. The minimum absolute atomic E-state index is 0.00771. The predicted octanol–water partition coefficient (Wildman–Crippen LogP) is 8.85. The SMILES string of the molecule is CC/C=C/C=C/C=C/C=C/C=C/CCCC(=O)OCC(COCCC(C(=O)[O-])[N+](C)(C)C)OC(=O)CCCCCCCC/C=C/C=C/CCCCC. The number of carbonyl (C=O) groups is 3. The zero-order chi connectivity index (χ0) is 38.5. The lowest BCUT2D eigenvalue weighted by Gasteiger charge is -2.34. The molecule has 0 fully saturated rings. The Balaban J connectivity index is 4.57. The Morgan fingerprint density at radius 2 is 1.10 bits per heavy atom. The maximum Gasteiger partial charge on any atom is 0.306 e. The summed E-state index contributed by atoms with van der Waals surface area (Å²) in [5.41, 5.74) is 0. The smallest absolute Gasteiger partial charge is 0.306 e. The van der Waals surface area contributed by atoms with E-state index in [0.29, 0.717) is 6.42 Å². The van der Waals surface area contributed by atoms with E-state index >= 15 is 0 Å². The molecule has 294 valence electrons. The summed E-state index contributed by atoms with van der Waals surface area (Å²) in [6, 6.07) is -0.742. The monoisotopic (exact) mass is 726 g/mol. The molecule has 8 heteroatoms. The van der Waals surface area contributed by atoms with Crippen LogP contribution >= 0.6 is 0 Å². The van der Waals surface area contributed by atoms with Crippen molar-refractivity contribution in [1.29, 1.82) is 0 Å². The number of carboxylic acid groups (broad SMARTS) is 1. The van der Waals surface area contributed by atoms with Gasteiger partial charge in [0.15, 0.2) is 6.10 Å². The van der Waals surface area contributed by atoms with E-state index in [4.69, 9.17) is 14.2 Å². The lowest BCUT2D eigenvalue weighted by molar-refractivity contribution is -0.889. The first-order valence-corrected chi connectivity index (χ1v) is 19.7. The Bertz CT molecular complexity index is 1120. The van der Waals surface area contributed by atoms with Crippen molar-refractivity contribution in [2.45, 2.75) is 135 Å². The van der Waals surface area contributed by atoms with Crippen LogP contribution < -0.4 is 5.11 Å². The van der Waals surface area contributed by atoms with Crippen LogP contribution in [0.3, 0.4) is 0 Å². The van der Waals surface area contributed by atoms with Crippen LogP contribution in [0.4, 0.5) is 0 Å². The molecule has 0 aromatic rings. The van der Waals surface area contributed by atoms with Crippen LogP contribution in [0.1, 0.15) is 123 Å². The summed E-state index contributed by atoms with van der Waals surface area (Å²) in [5.74, 6) is -1.86. The number of rotatable bonds is 33. The molecule has 2 atom stereocenters. The van der Waals surface area contributed by atoms with E-state index in [1.54, 1.807) is 21.1 Å². The number of carbonyl (C=O) groups excluding carboxylic acids is 3. The fourth-order valence-electron chi connectivity index (χ4n) is 5.09. The highest BCUT2D eigenvalue weighted by molar-refractivity contribution is 5.70. The second-order valence-corrected chi connectivity index (χ2v) is 13.9. The highest BCUT2D eigenvalue weighted by Crippen LogP contribution is 2.12. The molecule has 0 saturated carbocycles. The van der Waals surface area contributed by atoms with Gasteiger partial charge in [0.25, 0.3) is 0 Å². The summed E-state index contributed by atoms with van der Waals surface area (Å²) < 4.78 is 17.0. The minimum atomic E-state index is -1.14. The van der Waals surface area contributed by atoms with Crippen LogP contribution in [0.2, 0.25) is 0 Å². The highest BCUT2D eigenvalue weighted by atomic mass is 16.6. The molecule has 0 heterocycles. The lowest BCUT2D eigenvalue weighted by atomic mass is 10.1. The van der Waals surface area contributed by atoms with Crippen molar-refractivity contribution in [1.82, 2.24) is 0 Å². The van der Waals surface area contributed by atoms with Crippen molar-refractivity contribution in [3.63, 3.8) is 0 Å². The number of aliphatic carboxylic acids is 1. The topological polar surface area (TPSA) is 102 Å². The first-order valence-electron chi connectivity index (χ1n) is 19.7. The normalized spacial score (nSPS) is 13.9. The Hall–Kier alpha value is -3.49. The Kier molecular flexibility index (Phi) is 32.3. The molecular formula is C44H71NO7. The van der Waals surface area contributed by atoms with Crippen LogP contribution in [0.25, 0.3) is 0 Å². The first kappa shape index (κ1) is 48.5. The lowest BCUT2D eigenvalue weighted by Crippen LogP contribution is -2.55. The van der Waals surface area contributed by atoms with E-state index in [2.05, 4.69) is 44.2 Å². The number of hydrogen-bond acceptors (Lipinski definition) is 7. The van der Waals surface area contributed by atoms with Crippen LogP contribution in [0.5, 0.6) is 0 Å². The third-order valence-electron chi connectivity index (χ3n) is 8.17. The molecule has 0 saturated heterocycles. The van der Waals surface area contributed by atoms with Gasteiger partial charge in [-0.05, 0) is 51.4 Å². The van der Waals surface area contributed by atoms with Gasteiger partial charge in [0.1, 0.15) is 12.6 Å². The third-order valence-corrected chi connectivity index (χ3v) is 8.17. The molecule has 0 spiro atoms. The quantitative estimate of drug-likeness (QED) is 0.0288. The van der Waals surface area contributed by atoms with Crippen LogP contribution in [0, 0.1) is 0 Å². The van der Waals surface area contributed by atoms with Gasteiger partial charge < -0.3 is 28.6 Å². The Morgan fingerprint density at radius 1 is 0.596 bits per heavy atom. The minimum Gasteiger partial charge on any atom is -0.544 e. The van der Waals surface area contributed by atoms with E-state index in [0.717, 1.165) is 51.4 Å². The number of hydrogen-bond donors (Lipinski definition) is 0. The van der Waals surface area contributed by atoms with Gasteiger partial charge in [0.05, 0.1) is 40.3 Å². The third kappa shape index (κ3) is 32.4. The van der Waals surface area contributed by atoms with E-state index in [1.807, 2.05) is 54.7 Å². The highest BCUT2D eigenvalue weighted by Gasteiger charge is 2.25. The van der Waals surface area contributed by atoms with Gasteiger partial charge in [0.2, 0.25) is 0 Å². The van der Waals surface area contributed by atoms with Crippen molar-refractivity contribution < 1.29 is 38.2 Å². The number of ether oxygens (including phenoxy) is 3. The Morgan fingerprint density at radius 3 is 1.67 bits per heavy atom. The molecule has 0 radical (unpaired) electrons. The van der Waals surface area contributed by atoms with E-state index < -0.39 is 18.1 Å². The van der Waals surface area contributed by atoms with Crippen LogP contribution in [-0.4, -0.2) is 75.5 Å². The zero-order valence-electron chi connectivity index (χ0n) is 33.2. The average Bonchev–Trinajstić information content (AvgIpc) is 3.09. The van der Waals surface area contributed by atoms with Gasteiger partial charge in [0, 0.05) is 19.3 Å². The van der Waals surface area contributed by atoms with Gasteiger partial charge >= 0.3 is 11.9 Å². The first-order chi connectivity index (χ1) is 25.1. The van der Waals surface area contributed by atoms with Crippen LogP contribution in [-0.2, 0) is 28.6 Å².